The number of aromatic hydroxyl groups is 2. The van der Waals surface area contributed by atoms with E-state index in [2.05, 4.69) is 10.1 Å². The average molecular weight is 347 g/mol. The molecule has 2 N–H and O–H groups in total. The van der Waals surface area contributed by atoms with Gasteiger partial charge in [0.2, 0.25) is 4.80 Å². The van der Waals surface area contributed by atoms with E-state index in [-0.39, 0.29) is 17.2 Å². The Morgan fingerprint density at radius 1 is 1.08 bits per heavy atom. The van der Waals surface area contributed by atoms with E-state index in [4.69, 9.17) is 0 Å². The highest BCUT2D eigenvalue weighted by Gasteiger charge is 2.03. The number of aromatic nitrogens is 1. The Labute approximate surface area is 139 Å². The van der Waals surface area contributed by atoms with Gasteiger partial charge in [0, 0.05) is 29.3 Å². The maximum absolute atomic E-state index is 13.7. The Kier molecular flexibility index (Phi) is 4.39. The lowest BCUT2D eigenvalue weighted by Crippen LogP contribution is -2.09. The van der Waals surface area contributed by atoms with E-state index in [0.29, 0.717) is 10.4 Å². The Bertz CT molecular complexity index is 979. The molecule has 0 aliphatic carbocycles. The molecule has 0 unspecified atom stereocenters. The fourth-order valence-electron chi connectivity index (χ4n) is 1.87. The molecule has 0 spiro atoms. The van der Waals surface area contributed by atoms with Crippen LogP contribution in [0.4, 0.5) is 14.5 Å². The van der Waals surface area contributed by atoms with Crippen LogP contribution in [0.1, 0.15) is 5.56 Å². The van der Waals surface area contributed by atoms with Crippen molar-refractivity contribution in [1.82, 2.24) is 4.68 Å². The van der Waals surface area contributed by atoms with Crippen molar-refractivity contribution in [1.29, 1.82) is 0 Å². The number of halogens is 2. The normalized spacial score (nSPS) is 12.2. The Morgan fingerprint density at radius 3 is 2.67 bits per heavy atom. The molecule has 3 rings (SSSR count). The van der Waals surface area contributed by atoms with Gasteiger partial charge in [0.1, 0.15) is 23.0 Å². The molecule has 2 aromatic carbocycles. The Morgan fingerprint density at radius 2 is 1.92 bits per heavy atom. The van der Waals surface area contributed by atoms with Gasteiger partial charge < -0.3 is 10.2 Å². The predicted octanol–water partition coefficient (Wildman–Crippen LogP) is 3.35. The topological polar surface area (TPSA) is 70.1 Å². The molecule has 0 radical (unpaired) electrons. The van der Waals surface area contributed by atoms with Crippen molar-refractivity contribution >= 4 is 23.2 Å². The highest BCUT2D eigenvalue weighted by atomic mass is 32.1. The van der Waals surface area contributed by atoms with Gasteiger partial charge in [-0.25, -0.2) is 18.4 Å². The summed E-state index contributed by atoms with van der Waals surface area (Å²) in [6.07, 6.45) is 2.99. The lowest BCUT2D eigenvalue weighted by Gasteiger charge is -2.00. The molecule has 0 aliphatic rings. The van der Waals surface area contributed by atoms with Crippen molar-refractivity contribution in [2.75, 3.05) is 0 Å². The lowest BCUT2D eigenvalue weighted by atomic mass is 10.2. The summed E-state index contributed by atoms with van der Waals surface area (Å²) < 4.78 is 28.0. The second kappa shape index (κ2) is 6.63. The molecular weight excluding hydrogens is 336 g/mol. The summed E-state index contributed by atoms with van der Waals surface area (Å²) in [6, 6.07) is 7.23. The smallest absolute Gasteiger partial charge is 0.210 e. The van der Waals surface area contributed by atoms with Crippen LogP contribution in [0.5, 0.6) is 11.5 Å². The molecule has 1 aromatic heterocycles. The predicted molar refractivity (Wildman–Crippen MR) is 86.7 cm³/mol. The Balaban J connectivity index is 1.95. The zero-order valence-corrected chi connectivity index (χ0v) is 12.9. The van der Waals surface area contributed by atoms with Gasteiger partial charge in [-0.3, -0.25) is 0 Å². The number of hydrogen-bond acceptors (Lipinski definition) is 5. The van der Waals surface area contributed by atoms with Crippen LogP contribution in [0.15, 0.2) is 58.1 Å². The monoisotopic (exact) mass is 347 g/mol. The van der Waals surface area contributed by atoms with Crippen LogP contribution >= 0.6 is 11.3 Å². The van der Waals surface area contributed by atoms with Crippen molar-refractivity contribution in [2.45, 2.75) is 0 Å². The molecule has 5 nitrogen and oxygen atoms in total. The molecule has 0 aliphatic heterocycles. The molecule has 0 fully saturated rings. The molecule has 8 heteroatoms. The first-order valence-corrected chi connectivity index (χ1v) is 7.63. The average Bonchev–Trinajstić information content (AvgIpc) is 2.96. The van der Waals surface area contributed by atoms with E-state index in [1.165, 1.54) is 46.5 Å². The lowest BCUT2D eigenvalue weighted by molar-refractivity contribution is 0.450. The van der Waals surface area contributed by atoms with Crippen LogP contribution in [-0.4, -0.2) is 21.1 Å². The van der Waals surface area contributed by atoms with Gasteiger partial charge in [-0.2, -0.15) is 5.10 Å². The second-order valence-corrected chi connectivity index (χ2v) is 5.60. The fourth-order valence-corrected chi connectivity index (χ4v) is 2.54. The minimum atomic E-state index is -0.768. The highest BCUT2D eigenvalue weighted by Crippen LogP contribution is 2.21. The summed E-state index contributed by atoms with van der Waals surface area (Å²) in [5.41, 5.74) is 0.390. The summed E-state index contributed by atoms with van der Waals surface area (Å²) in [5.74, 6) is -1.63. The van der Waals surface area contributed by atoms with Gasteiger partial charge in [0.25, 0.3) is 0 Å². The van der Waals surface area contributed by atoms with Crippen LogP contribution in [0, 0.1) is 11.6 Å². The van der Waals surface area contributed by atoms with Crippen molar-refractivity contribution in [3.05, 3.63) is 70.0 Å². The molecule has 0 saturated carbocycles. The van der Waals surface area contributed by atoms with E-state index < -0.39 is 11.6 Å². The summed E-state index contributed by atoms with van der Waals surface area (Å²) in [4.78, 5) is 4.48. The summed E-state index contributed by atoms with van der Waals surface area (Å²) in [6.45, 7) is 0. The summed E-state index contributed by atoms with van der Waals surface area (Å²) in [5, 5.41) is 24.8. The number of hydrogen-bond donors (Lipinski definition) is 2. The minimum absolute atomic E-state index is 0.00437. The van der Waals surface area contributed by atoms with Gasteiger partial charge in [-0.15, -0.1) is 11.3 Å². The fraction of sp³-hybridized carbons (Fsp3) is 0. The zero-order chi connectivity index (χ0) is 17.1. The first-order valence-electron chi connectivity index (χ1n) is 6.75. The Hall–Kier alpha value is -3.00. The van der Waals surface area contributed by atoms with Crippen LogP contribution in [0.3, 0.4) is 0 Å². The van der Waals surface area contributed by atoms with Crippen molar-refractivity contribution < 1.29 is 19.0 Å². The quantitative estimate of drug-likeness (QED) is 0.713. The molecule has 24 heavy (non-hydrogen) atoms. The van der Waals surface area contributed by atoms with Gasteiger partial charge in [0.15, 0.2) is 5.82 Å². The summed E-state index contributed by atoms with van der Waals surface area (Å²) >= 11 is 1.22. The van der Waals surface area contributed by atoms with Gasteiger partial charge >= 0.3 is 0 Å². The van der Waals surface area contributed by atoms with E-state index in [0.717, 1.165) is 12.1 Å². The molecule has 1 heterocycles. The van der Waals surface area contributed by atoms with Crippen LogP contribution in [0.25, 0.3) is 0 Å². The standard InChI is InChI=1S/C16H11F2N3O2S/c17-11-2-4-14(13(18)7-11)20-16-21(5-6-24-16)19-9-10-1-3-12(22)8-15(10)23/h1-9,22-23H/b19-9+,20-16?. The SMILES string of the molecule is Oc1ccc(/C=N/n2ccsc2=Nc2ccc(F)cc2F)c(O)c1. The third kappa shape index (κ3) is 3.49. The molecule has 0 saturated heterocycles. The number of phenolic OH excluding ortho intramolecular Hbond substituents is 2. The number of rotatable bonds is 3. The van der Waals surface area contributed by atoms with Crippen LogP contribution < -0.4 is 4.80 Å². The largest absolute Gasteiger partial charge is 0.508 e. The first kappa shape index (κ1) is 15.9. The zero-order valence-electron chi connectivity index (χ0n) is 12.1. The van der Waals surface area contributed by atoms with Crippen molar-refractivity contribution in [3.8, 4) is 11.5 Å². The van der Waals surface area contributed by atoms with E-state index in [1.807, 2.05) is 0 Å². The number of nitrogens with zero attached hydrogens (tertiary/aromatic N) is 3. The second-order valence-electron chi connectivity index (χ2n) is 4.73. The first-order chi connectivity index (χ1) is 11.5. The molecule has 122 valence electrons. The number of phenols is 2. The summed E-state index contributed by atoms with van der Waals surface area (Å²) in [7, 11) is 0. The molecule has 3 aromatic rings. The maximum atomic E-state index is 13.7. The van der Waals surface area contributed by atoms with Crippen molar-refractivity contribution in [3.63, 3.8) is 0 Å². The number of benzene rings is 2. The third-order valence-corrected chi connectivity index (χ3v) is 3.78. The molecular formula is C16H11F2N3O2S. The van der Waals surface area contributed by atoms with Crippen LogP contribution in [0.2, 0.25) is 0 Å². The number of thiazole rings is 1. The molecule has 0 atom stereocenters. The highest BCUT2D eigenvalue weighted by molar-refractivity contribution is 7.07. The molecule has 0 bridgehead atoms. The van der Waals surface area contributed by atoms with E-state index in [9.17, 15) is 19.0 Å². The van der Waals surface area contributed by atoms with Crippen LogP contribution in [-0.2, 0) is 0 Å². The van der Waals surface area contributed by atoms with E-state index >= 15 is 0 Å². The minimum Gasteiger partial charge on any atom is -0.508 e. The van der Waals surface area contributed by atoms with Gasteiger partial charge in [-0.1, -0.05) is 0 Å². The maximum Gasteiger partial charge on any atom is 0.210 e. The van der Waals surface area contributed by atoms with E-state index in [1.54, 1.807) is 11.6 Å². The third-order valence-electron chi connectivity index (χ3n) is 3.03. The van der Waals surface area contributed by atoms with Gasteiger partial charge in [-0.05, 0) is 24.3 Å². The molecule has 0 amide bonds. The van der Waals surface area contributed by atoms with Crippen molar-refractivity contribution in [2.24, 2.45) is 10.1 Å². The van der Waals surface area contributed by atoms with Gasteiger partial charge in [0.05, 0.1) is 6.21 Å².